The lowest BCUT2D eigenvalue weighted by Gasteiger charge is -2.38. The number of aromatic nitrogens is 2. The summed E-state index contributed by atoms with van der Waals surface area (Å²) in [6, 6.07) is 10.2. The molecule has 4 rings (SSSR count). The quantitative estimate of drug-likeness (QED) is 0.512. The first-order valence-corrected chi connectivity index (χ1v) is 11.7. The molecule has 1 amide bonds. The summed E-state index contributed by atoms with van der Waals surface area (Å²) >= 11 is 0. The summed E-state index contributed by atoms with van der Waals surface area (Å²) in [6.07, 6.45) is 5.26. The Hall–Kier alpha value is -2.87. The summed E-state index contributed by atoms with van der Waals surface area (Å²) in [5.74, 6) is 2.44. The molecule has 2 fully saturated rings. The lowest BCUT2D eigenvalue weighted by molar-refractivity contribution is -0.139. The summed E-state index contributed by atoms with van der Waals surface area (Å²) in [4.78, 5) is 31.3. The van der Waals surface area contributed by atoms with Gasteiger partial charge in [-0.05, 0) is 18.4 Å². The standard InChI is InChI=1S/C24H35N7O/c1-25-24(29(2)18-22-27-17-21(28-22)19-7-4-3-5-8-19)26-11-12-30-13-15-31(16-14-30)23(32)20-9-6-10-20/h3-5,7-8,17,20H,6,9-16,18H2,1-2H3,(H,25,26)(H,27,28). The second-order valence-electron chi connectivity index (χ2n) is 8.73. The van der Waals surface area contributed by atoms with Crippen LogP contribution in [0.2, 0.25) is 0 Å². The fourth-order valence-corrected chi connectivity index (χ4v) is 4.32. The first-order valence-electron chi connectivity index (χ1n) is 11.7. The van der Waals surface area contributed by atoms with E-state index in [0.717, 1.165) is 75.2 Å². The SMILES string of the molecule is CN=C(NCCN1CCN(C(=O)C2CCC2)CC1)N(C)Cc1ncc(-c2ccccc2)[nH]1. The number of aromatic amines is 1. The summed E-state index contributed by atoms with van der Waals surface area (Å²) in [6.45, 7) is 6.01. The number of aliphatic imine (C=N–C) groups is 1. The van der Waals surface area contributed by atoms with Gasteiger partial charge in [-0.3, -0.25) is 14.7 Å². The van der Waals surface area contributed by atoms with Gasteiger partial charge in [-0.1, -0.05) is 36.8 Å². The Morgan fingerprint density at radius 2 is 1.97 bits per heavy atom. The molecule has 1 aliphatic heterocycles. The third kappa shape index (κ3) is 5.48. The molecular formula is C24H35N7O. The molecule has 172 valence electrons. The minimum Gasteiger partial charge on any atom is -0.355 e. The lowest BCUT2D eigenvalue weighted by atomic mass is 9.84. The van der Waals surface area contributed by atoms with Crippen LogP contribution in [0.5, 0.6) is 0 Å². The van der Waals surface area contributed by atoms with E-state index in [1.54, 1.807) is 7.05 Å². The molecular weight excluding hydrogens is 402 g/mol. The van der Waals surface area contributed by atoms with Crippen LogP contribution in [0.4, 0.5) is 0 Å². The molecule has 0 bridgehead atoms. The van der Waals surface area contributed by atoms with E-state index in [9.17, 15) is 4.79 Å². The lowest BCUT2D eigenvalue weighted by Crippen LogP contribution is -2.52. The molecule has 0 unspecified atom stereocenters. The van der Waals surface area contributed by atoms with Gasteiger partial charge in [0.2, 0.25) is 5.91 Å². The number of benzene rings is 1. The molecule has 0 atom stereocenters. The number of carbonyl (C=O) groups excluding carboxylic acids is 1. The predicted molar refractivity (Wildman–Crippen MR) is 127 cm³/mol. The molecule has 32 heavy (non-hydrogen) atoms. The fraction of sp³-hybridized carbons (Fsp3) is 0.542. The normalized spacial score (nSPS) is 17.8. The monoisotopic (exact) mass is 437 g/mol. The van der Waals surface area contributed by atoms with Crippen molar-refractivity contribution >= 4 is 11.9 Å². The van der Waals surface area contributed by atoms with E-state index in [1.807, 2.05) is 31.4 Å². The van der Waals surface area contributed by atoms with E-state index >= 15 is 0 Å². The molecule has 1 saturated heterocycles. The number of guanidine groups is 1. The van der Waals surface area contributed by atoms with E-state index in [1.165, 1.54) is 6.42 Å². The number of nitrogens with zero attached hydrogens (tertiary/aromatic N) is 5. The van der Waals surface area contributed by atoms with Crippen LogP contribution in [0.3, 0.4) is 0 Å². The van der Waals surface area contributed by atoms with Crippen LogP contribution in [0, 0.1) is 5.92 Å². The van der Waals surface area contributed by atoms with Crippen LogP contribution < -0.4 is 5.32 Å². The predicted octanol–water partition coefficient (Wildman–Crippen LogP) is 2.03. The Kier molecular flexibility index (Phi) is 7.42. The zero-order valence-corrected chi connectivity index (χ0v) is 19.3. The molecule has 0 spiro atoms. The molecule has 8 heteroatoms. The highest BCUT2D eigenvalue weighted by atomic mass is 16.2. The van der Waals surface area contributed by atoms with Crippen molar-refractivity contribution in [2.45, 2.75) is 25.8 Å². The number of carbonyl (C=O) groups is 1. The van der Waals surface area contributed by atoms with Crippen LogP contribution in [0.15, 0.2) is 41.5 Å². The number of H-pyrrole nitrogens is 1. The highest BCUT2D eigenvalue weighted by molar-refractivity contribution is 5.80. The molecule has 1 aliphatic carbocycles. The van der Waals surface area contributed by atoms with Crippen molar-refractivity contribution in [1.82, 2.24) is 30.0 Å². The third-order valence-corrected chi connectivity index (χ3v) is 6.52. The van der Waals surface area contributed by atoms with Gasteiger partial charge in [0.15, 0.2) is 5.96 Å². The highest BCUT2D eigenvalue weighted by Gasteiger charge is 2.31. The third-order valence-electron chi connectivity index (χ3n) is 6.52. The van der Waals surface area contributed by atoms with E-state index < -0.39 is 0 Å². The van der Waals surface area contributed by atoms with Crippen LogP contribution in [0.25, 0.3) is 11.3 Å². The van der Waals surface area contributed by atoms with Crippen molar-refractivity contribution < 1.29 is 4.79 Å². The zero-order valence-electron chi connectivity index (χ0n) is 19.3. The Balaban J connectivity index is 1.19. The minimum absolute atomic E-state index is 0.306. The average Bonchev–Trinajstić information content (AvgIpc) is 3.25. The van der Waals surface area contributed by atoms with Crippen molar-refractivity contribution in [3.8, 4) is 11.3 Å². The van der Waals surface area contributed by atoms with Gasteiger partial charge in [0, 0.05) is 59.3 Å². The maximum absolute atomic E-state index is 12.4. The summed E-state index contributed by atoms with van der Waals surface area (Å²) in [5.41, 5.74) is 2.15. The van der Waals surface area contributed by atoms with Gasteiger partial charge in [-0.2, -0.15) is 0 Å². The number of nitrogens with one attached hydrogen (secondary N) is 2. The van der Waals surface area contributed by atoms with Crippen LogP contribution in [-0.4, -0.2) is 89.9 Å². The largest absolute Gasteiger partial charge is 0.355 e. The Morgan fingerprint density at radius 1 is 1.22 bits per heavy atom. The number of piperazine rings is 1. The number of amides is 1. The Labute approximate surface area is 190 Å². The van der Waals surface area contributed by atoms with Crippen LogP contribution in [-0.2, 0) is 11.3 Å². The summed E-state index contributed by atoms with van der Waals surface area (Å²) in [7, 11) is 3.83. The van der Waals surface area contributed by atoms with Crippen molar-refractivity contribution in [3.05, 3.63) is 42.4 Å². The Morgan fingerprint density at radius 3 is 2.62 bits per heavy atom. The van der Waals surface area contributed by atoms with E-state index in [2.05, 4.69) is 47.1 Å². The smallest absolute Gasteiger partial charge is 0.225 e. The first kappa shape index (κ1) is 22.3. The topological polar surface area (TPSA) is 79.9 Å². The van der Waals surface area contributed by atoms with Crippen LogP contribution in [0.1, 0.15) is 25.1 Å². The number of hydrogen-bond acceptors (Lipinski definition) is 4. The fourth-order valence-electron chi connectivity index (χ4n) is 4.32. The molecule has 2 N–H and O–H groups in total. The Bertz CT molecular complexity index is 898. The molecule has 2 heterocycles. The van der Waals surface area contributed by atoms with E-state index in [4.69, 9.17) is 0 Å². The second kappa shape index (κ2) is 10.6. The molecule has 2 aromatic rings. The van der Waals surface area contributed by atoms with Gasteiger partial charge < -0.3 is 20.1 Å². The summed E-state index contributed by atoms with van der Waals surface area (Å²) in [5, 5.41) is 3.46. The summed E-state index contributed by atoms with van der Waals surface area (Å²) < 4.78 is 0. The van der Waals surface area contributed by atoms with Crippen LogP contribution >= 0.6 is 0 Å². The van der Waals surface area contributed by atoms with Gasteiger partial charge in [0.05, 0.1) is 18.4 Å². The minimum atomic E-state index is 0.306. The van der Waals surface area contributed by atoms with E-state index in [0.29, 0.717) is 18.4 Å². The first-order chi connectivity index (χ1) is 15.6. The van der Waals surface area contributed by atoms with Gasteiger partial charge in [0.1, 0.15) is 5.82 Å². The highest BCUT2D eigenvalue weighted by Crippen LogP contribution is 2.28. The van der Waals surface area contributed by atoms with Gasteiger partial charge in [-0.15, -0.1) is 0 Å². The van der Waals surface area contributed by atoms with Crippen molar-refractivity contribution in [2.24, 2.45) is 10.9 Å². The number of hydrogen-bond donors (Lipinski definition) is 2. The van der Waals surface area contributed by atoms with E-state index in [-0.39, 0.29) is 0 Å². The maximum atomic E-state index is 12.4. The zero-order chi connectivity index (χ0) is 22.3. The molecule has 1 aromatic carbocycles. The maximum Gasteiger partial charge on any atom is 0.225 e. The molecule has 0 radical (unpaired) electrons. The average molecular weight is 438 g/mol. The molecule has 8 nitrogen and oxygen atoms in total. The molecule has 2 aliphatic rings. The number of rotatable bonds is 7. The second-order valence-corrected chi connectivity index (χ2v) is 8.73. The van der Waals surface area contributed by atoms with Crippen molar-refractivity contribution in [2.75, 3.05) is 53.4 Å². The van der Waals surface area contributed by atoms with Crippen molar-refractivity contribution in [1.29, 1.82) is 0 Å². The molecule has 1 aromatic heterocycles. The van der Waals surface area contributed by atoms with Gasteiger partial charge in [0.25, 0.3) is 0 Å². The molecule has 1 saturated carbocycles. The van der Waals surface area contributed by atoms with Gasteiger partial charge >= 0.3 is 0 Å². The van der Waals surface area contributed by atoms with Gasteiger partial charge in [-0.25, -0.2) is 4.98 Å². The number of imidazole rings is 1. The van der Waals surface area contributed by atoms with Crippen molar-refractivity contribution in [3.63, 3.8) is 0 Å².